The molecule has 0 aliphatic heterocycles. The lowest BCUT2D eigenvalue weighted by atomic mass is 10.2. The van der Waals surface area contributed by atoms with Crippen molar-refractivity contribution in [3.63, 3.8) is 0 Å². The second kappa shape index (κ2) is 8.78. The zero-order valence-corrected chi connectivity index (χ0v) is 17.6. The summed E-state index contributed by atoms with van der Waals surface area (Å²) >= 11 is 7.14. The number of carbonyl (C=O) groups excluding carboxylic acids is 1. The summed E-state index contributed by atoms with van der Waals surface area (Å²) in [6.07, 6.45) is 0. The average Bonchev–Trinajstić information content (AvgIpc) is 3.12. The van der Waals surface area contributed by atoms with Gasteiger partial charge in [0.2, 0.25) is 5.91 Å². The van der Waals surface area contributed by atoms with Crippen LogP contribution in [0.1, 0.15) is 0 Å². The molecule has 1 amide bonds. The molecule has 0 bridgehead atoms. The second-order valence-electron chi connectivity index (χ2n) is 6.31. The third-order valence-electron chi connectivity index (χ3n) is 4.21. The summed E-state index contributed by atoms with van der Waals surface area (Å²) in [6, 6.07) is 12.2. The number of hydrogen-bond donors (Lipinski definition) is 2. The number of hydrogen-bond acceptors (Lipinski definition) is 6. The van der Waals surface area contributed by atoms with Gasteiger partial charge in [-0.25, -0.2) is 18.9 Å². The van der Waals surface area contributed by atoms with Crippen molar-refractivity contribution in [1.29, 1.82) is 0 Å². The van der Waals surface area contributed by atoms with Crippen LogP contribution in [0.25, 0.3) is 17.0 Å². The van der Waals surface area contributed by atoms with Crippen LogP contribution in [-0.2, 0) is 4.79 Å². The van der Waals surface area contributed by atoms with Crippen molar-refractivity contribution in [2.24, 2.45) is 0 Å². The lowest BCUT2D eigenvalue weighted by Crippen LogP contribution is -2.15. The molecule has 0 unspecified atom stereocenters. The average molecular weight is 460 g/mol. The molecule has 2 aromatic carbocycles. The van der Waals surface area contributed by atoms with Crippen LogP contribution in [0.5, 0.6) is 5.75 Å². The number of thioether (sulfide) groups is 1. The molecule has 0 aliphatic rings. The number of benzene rings is 2. The Morgan fingerprint density at radius 1 is 1.26 bits per heavy atom. The van der Waals surface area contributed by atoms with Crippen molar-refractivity contribution in [2.45, 2.75) is 5.16 Å². The normalized spacial score (nSPS) is 10.9. The number of methoxy groups -OCH3 is 1. The van der Waals surface area contributed by atoms with E-state index in [-0.39, 0.29) is 39.4 Å². The minimum Gasteiger partial charge on any atom is -0.495 e. The highest BCUT2D eigenvalue weighted by Gasteiger charge is 2.15. The molecule has 4 rings (SSSR count). The number of aromatic nitrogens is 4. The maximum atomic E-state index is 14.2. The molecule has 0 atom stereocenters. The van der Waals surface area contributed by atoms with E-state index in [2.05, 4.69) is 20.4 Å². The minimum absolute atomic E-state index is 0.0211. The van der Waals surface area contributed by atoms with Gasteiger partial charge in [0.05, 0.1) is 23.4 Å². The van der Waals surface area contributed by atoms with Crippen LogP contribution in [-0.4, -0.2) is 38.4 Å². The molecule has 0 saturated heterocycles. The standard InChI is InChI=1S/C20H15ClFN5O3S/c1-30-15-7-6-11(8-13(15)21)23-18(29)10-31-20-25-19(12-4-2-3-5-14(12)22)24-16-9-17(28)26-27(16)20/h2-9H,10H2,1H3,(H,23,29)(H,26,28). The van der Waals surface area contributed by atoms with Crippen molar-refractivity contribution in [1.82, 2.24) is 19.6 Å². The molecule has 158 valence electrons. The Morgan fingerprint density at radius 3 is 2.81 bits per heavy atom. The first kappa shape index (κ1) is 20.9. The largest absolute Gasteiger partial charge is 0.495 e. The van der Waals surface area contributed by atoms with E-state index in [1.54, 1.807) is 36.4 Å². The van der Waals surface area contributed by atoms with Gasteiger partial charge in [-0.2, -0.15) is 0 Å². The molecule has 4 aromatic rings. The Bertz CT molecular complexity index is 1340. The molecule has 11 heteroatoms. The maximum absolute atomic E-state index is 14.2. The van der Waals surface area contributed by atoms with Gasteiger partial charge in [-0.15, -0.1) is 0 Å². The summed E-state index contributed by atoms with van der Waals surface area (Å²) < 4.78 is 20.7. The third kappa shape index (κ3) is 4.54. The topological polar surface area (TPSA) is 101 Å². The summed E-state index contributed by atoms with van der Waals surface area (Å²) in [4.78, 5) is 32.8. The molecule has 8 nitrogen and oxygen atoms in total. The van der Waals surface area contributed by atoms with E-state index in [0.29, 0.717) is 16.5 Å². The Labute approximate surface area is 184 Å². The van der Waals surface area contributed by atoms with E-state index in [1.807, 2.05) is 0 Å². The predicted molar refractivity (Wildman–Crippen MR) is 116 cm³/mol. The number of nitrogens with zero attached hydrogens (tertiary/aromatic N) is 3. The fourth-order valence-corrected chi connectivity index (χ4v) is 3.82. The Kier molecular flexibility index (Phi) is 5.92. The van der Waals surface area contributed by atoms with Crippen LogP contribution in [0.4, 0.5) is 10.1 Å². The molecule has 2 N–H and O–H groups in total. The summed E-state index contributed by atoms with van der Waals surface area (Å²) in [5.41, 5.74) is 0.575. The zero-order valence-electron chi connectivity index (χ0n) is 16.1. The van der Waals surface area contributed by atoms with Crippen molar-refractivity contribution < 1.29 is 13.9 Å². The number of nitrogens with one attached hydrogen (secondary N) is 2. The van der Waals surface area contributed by atoms with Crippen LogP contribution < -0.4 is 15.6 Å². The predicted octanol–water partition coefficient (Wildman–Crippen LogP) is 3.62. The first-order valence-corrected chi connectivity index (χ1v) is 10.3. The number of ether oxygens (including phenoxy) is 1. The smallest absolute Gasteiger partial charge is 0.266 e. The van der Waals surface area contributed by atoms with E-state index >= 15 is 0 Å². The number of aromatic amines is 1. The number of H-pyrrole nitrogens is 1. The molecule has 2 heterocycles. The number of anilines is 1. The van der Waals surface area contributed by atoms with E-state index in [4.69, 9.17) is 16.3 Å². The van der Waals surface area contributed by atoms with Crippen LogP contribution in [0, 0.1) is 5.82 Å². The molecule has 0 spiro atoms. The van der Waals surface area contributed by atoms with Gasteiger partial charge in [0.15, 0.2) is 16.6 Å². The Morgan fingerprint density at radius 2 is 2.06 bits per heavy atom. The maximum Gasteiger partial charge on any atom is 0.266 e. The number of fused-ring (bicyclic) bond motifs is 1. The highest BCUT2D eigenvalue weighted by atomic mass is 35.5. The Balaban J connectivity index is 1.57. The van der Waals surface area contributed by atoms with Crippen molar-refractivity contribution in [3.05, 3.63) is 69.7 Å². The zero-order chi connectivity index (χ0) is 22.0. The highest BCUT2D eigenvalue weighted by molar-refractivity contribution is 7.99. The lowest BCUT2D eigenvalue weighted by molar-refractivity contribution is -0.113. The van der Waals surface area contributed by atoms with Crippen molar-refractivity contribution in [3.8, 4) is 17.1 Å². The molecule has 31 heavy (non-hydrogen) atoms. The van der Waals surface area contributed by atoms with Gasteiger partial charge in [0.25, 0.3) is 5.56 Å². The van der Waals surface area contributed by atoms with Gasteiger partial charge in [0.1, 0.15) is 11.6 Å². The van der Waals surface area contributed by atoms with Crippen LogP contribution in [0.2, 0.25) is 5.02 Å². The molecule has 0 fully saturated rings. The third-order valence-corrected chi connectivity index (χ3v) is 5.44. The van der Waals surface area contributed by atoms with Gasteiger partial charge in [-0.3, -0.25) is 14.7 Å². The summed E-state index contributed by atoms with van der Waals surface area (Å²) in [7, 11) is 1.50. The minimum atomic E-state index is -0.491. The monoisotopic (exact) mass is 459 g/mol. The van der Waals surface area contributed by atoms with Gasteiger partial charge in [0, 0.05) is 11.8 Å². The molecule has 0 saturated carbocycles. The van der Waals surface area contributed by atoms with E-state index in [0.717, 1.165) is 11.8 Å². The quantitative estimate of drug-likeness (QED) is 0.427. The summed E-state index contributed by atoms with van der Waals surface area (Å²) in [5, 5.41) is 5.95. The first-order valence-electron chi connectivity index (χ1n) is 8.95. The number of amides is 1. The van der Waals surface area contributed by atoms with Gasteiger partial charge in [-0.05, 0) is 30.3 Å². The van der Waals surface area contributed by atoms with E-state index < -0.39 is 5.82 Å². The fourth-order valence-electron chi connectivity index (χ4n) is 2.81. The van der Waals surface area contributed by atoms with E-state index in [9.17, 15) is 14.0 Å². The van der Waals surface area contributed by atoms with Crippen molar-refractivity contribution >= 4 is 40.6 Å². The number of rotatable bonds is 6. The summed E-state index contributed by atoms with van der Waals surface area (Å²) in [5.74, 6) is -0.224. The van der Waals surface area contributed by atoms with Gasteiger partial charge >= 0.3 is 0 Å². The van der Waals surface area contributed by atoms with Gasteiger partial charge < -0.3 is 10.1 Å². The highest BCUT2D eigenvalue weighted by Crippen LogP contribution is 2.28. The SMILES string of the molecule is COc1ccc(NC(=O)CSc2nc(-c3ccccc3F)nc3cc(=O)[nH]n23)cc1Cl. The lowest BCUT2D eigenvalue weighted by Gasteiger charge is -2.09. The van der Waals surface area contributed by atoms with E-state index in [1.165, 1.54) is 23.8 Å². The molecular weight excluding hydrogens is 445 g/mol. The Hall–Kier alpha value is -3.37. The molecular formula is C20H15ClFN5O3S. The fraction of sp³-hybridized carbons (Fsp3) is 0.100. The van der Waals surface area contributed by atoms with Crippen LogP contribution in [0.15, 0.2) is 58.5 Å². The number of halogens is 2. The molecule has 0 radical (unpaired) electrons. The van der Waals surface area contributed by atoms with Crippen LogP contribution in [0.3, 0.4) is 0 Å². The molecule has 2 aromatic heterocycles. The molecule has 0 aliphatic carbocycles. The van der Waals surface area contributed by atoms with Gasteiger partial charge in [-0.1, -0.05) is 35.5 Å². The number of carbonyl (C=O) groups is 1. The second-order valence-corrected chi connectivity index (χ2v) is 7.66. The summed E-state index contributed by atoms with van der Waals surface area (Å²) in [6.45, 7) is 0. The first-order chi connectivity index (χ1) is 14.9. The van der Waals surface area contributed by atoms with Crippen molar-refractivity contribution in [2.75, 3.05) is 18.2 Å². The van der Waals surface area contributed by atoms with Crippen LogP contribution >= 0.6 is 23.4 Å².